The molecule has 0 spiro atoms. The van der Waals surface area contributed by atoms with E-state index < -0.39 is 12.1 Å². The highest BCUT2D eigenvalue weighted by Gasteiger charge is 2.08. The number of ether oxygens (including phenoxy) is 2. The summed E-state index contributed by atoms with van der Waals surface area (Å²) in [6, 6.07) is 0. The maximum Gasteiger partial charge on any atom is 0.334 e. The molecule has 0 fully saturated rings. The van der Waals surface area contributed by atoms with Crippen molar-refractivity contribution in [1.29, 1.82) is 0 Å². The van der Waals surface area contributed by atoms with E-state index in [-0.39, 0.29) is 6.61 Å². The van der Waals surface area contributed by atoms with Gasteiger partial charge in [0, 0.05) is 6.61 Å². The van der Waals surface area contributed by atoms with Gasteiger partial charge in [0.15, 0.2) is 0 Å². The Morgan fingerprint density at radius 2 is 1.93 bits per heavy atom. The fourth-order valence-corrected chi connectivity index (χ4v) is 1.05. The zero-order valence-corrected chi connectivity index (χ0v) is 9.70. The summed E-state index contributed by atoms with van der Waals surface area (Å²) in [7, 11) is 0. The number of hydrogen-bond acceptors (Lipinski definition) is 4. The fraction of sp³-hybridized carbons (Fsp3) is 0.909. The van der Waals surface area contributed by atoms with Crippen LogP contribution in [-0.2, 0) is 14.3 Å². The molecular weight excluding hydrogens is 196 g/mol. The summed E-state index contributed by atoms with van der Waals surface area (Å²) >= 11 is 0. The third-order valence-electron chi connectivity index (χ3n) is 1.96. The van der Waals surface area contributed by atoms with Gasteiger partial charge >= 0.3 is 5.97 Å². The van der Waals surface area contributed by atoms with Crippen molar-refractivity contribution in [3.63, 3.8) is 0 Å². The van der Waals surface area contributed by atoms with E-state index in [1.165, 1.54) is 26.2 Å². The standard InChI is InChI=1S/C11H22O4/c1-3-4-5-6-7-14-8-9-15-11(13)10(2)12/h10,12H,3-9H2,1-2H3/t10-/m1/s1. The molecule has 15 heavy (non-hydrogen) atoms. The van der Waals surface area contributed by atoms with Gasteiger partial charge in [-0.1, -0.05) is 26.2 Å². The van der Waals surface area contributed by atoms with Gasteiger partial charge in [0.25, 0.3) is 0 Å². The van der Waals surface area contributed by atoms with Gasteiger partial charge in [-0.3, -0.25) is 0 Å². The molecule has 0 aromatic carbocycles. The summed E-state index contributed by atoms with van der Waals surface area (Å²) in [4.78, 5) is 10.8. The molecule has 0 amide bonds. The van der Waals surface area contributed by atoms with Crippen molar-refractivity contribution in [3.8, 4) is 0 Å². The highest BCUT2D eigenvalue weighted by Crippen LogP contribution is 1.98. The Balaban J connectivity index is 3.08. The largest absolute Gasteiger partial charge is 0.461 e. The number of aliphatic hydroxyl groups excluding tert-OH is 1. The normalized spacial score (nSPS) is 12.5. The molecule has 90 valence electrons. The Hall–Kier alpha value is -0.610. The minimum atomic E-state index is -1.05. The molecule has 0 aliphatic carbocycles. The van der Waals surface area contributed by atoms with Crippen molar-refractivity contribution in [2.75, 3.05) is 19.8 Å². The van der Waals surface area contributed by atoms with Crippen LogP contribution >= 0.6 is 0 Å². The summed E-state index contributed by atoms with van der Waals surface area (Å²) in [5.74, 6) is -0.593. The van der Waals surface area contributed by atoms with E-state index in [9.17, 15) is 4.79 Å². The van der Waals surface area contributed by atoms with Gasteiger partial charge in [-0.15, -0.1) is 0 Å². The van der Waals surface area contributed by atoms with Crippen LogP contribution in [0.3, 0.4) is 0 Å². The van der Waals surface area contributed by atoms with Crippen molar-refractivity contribution in [2.45, 2.75) is 45.6 Å². The first-order valence-electron chi connectivity index (χ1n) is 5.61. The molecule has 0 heterocycles. The Morgan fingerprint density at radius 1 is 1.20 bits per heavy atom. The van der Waals surface area contributed by atoms with Gasteiger partial charge in [0.05, 0.1) is 6.61 Å². The number of aliphatic hydroxyl groups is 1. The summed E-state index contributed by atoms with van der Waals surface area (Å²) in [5, 5.41) is 8.81. The van der Waals surface area contributed by atoms with E-state index in [0.717, 1.165) is 6.42 Å². The molecule has 0 rings (SSSR count). The van der Waals surface area contributed by atoms with E-state index in [1.54, 1.807) is 0 Å². The molecule has 1 atom stereocenters. The molecule has 0 aromatic heterocycles. The van der Waals surface area contributed by atoms with Crippen molar-refractivity contribution < 1.29 is 19.4 Å². The summed E-state index contributed by atoms with van der Waals surface area (Å²) in [6.45, 7) is 4.89. The SMILES string of the molecule is CCCCCCOCCOC(=O)[C@@H](C)O. The molecule has 0 bridgehead atoms. The topological polar surface area (TPSA) is 55.8 Å². The summed E-state index contributed by atoms with van der Waals surface area (Å²) < 4.78 is 9.97. The van der Waals surface area contributed by atoms with Crippen LogP contribution in [0.15, 0.2) is 0 Å². The smallest absolute Gasteiger partial charge is 0.334 e. The van der Waals surface area contributed by atoms with E-state index in [1.807, 2.05) is 0 Å². The maximum atomic E-state index is 10.8. The van der Waals surface area contributed by atoms with Crippen LogP contribution in [0.25, 0.3) is 0 Å². The van der Waals surface area contributed by atoms with Crippen molar-refractivity contribution >= 4 is 5.97 Å². The van der Waals surface area contributed by atoms with Crippen molar-refractivity contribution in [3.05, 3.63) is 0 Å². The number of esters is 1. The second-order valence-electron chi connectivity index (χ2n) is 3.52. The molecule has 0 aliphatic heterocycles. The first kappa shape index (κ1) is 14.4. The van der Waals surface area contributed by atoms with Crippen LogP contribution in [0.4, 0.5) is 0 Å². The van der Waals surface area contributed by atoms with Crippen molar-refractivity contribution in [1.82, 2.24) is 0 Å². The molecule has 4 heteroatoms. The second-order valence-corrected chi connectivity index (χ2v) is 3.52. The lowest BCUT2D eigenvalue weighted by molar-refractivity contribution is -0.154. The number of rotatable bonds is 9. The van der Waals surface area contributed by atoms with Gasteiger partial charge in [-0.25, -0.2) is 4.79 Å². The average molecular weight is 218 g/mol. The molecule has 0 saturated carbocycles. The summed E-state index contributed by atoms with van der Waals surface area (Å²) in [5.41, 5.74) is 0. The molecule has 0 aliphatic rings. The lowest BCUT2D eigenvalue weighted by Crippen LogP contribution is -2.21. The number of hydrogen-bond donors (Lipinski definition) is 1. The van der Waals surface area contributed by atoms with Crippen molar-refractivity contribution in [2.24, 2.45) is 0 Å². The van der Waals surface area contributed by atoms with E-state index in [0.29, 0.717) is 13.2 Å². The van der Waals surface area contributed by atoms with Gasteiger partial charge < -0.3 is 14.6 Å². The lowest BCUT2D eigenvalue weighted by Gasteiger charge is -2.07. The Morgan fingerprint density at radius 3 is 2.53 bits per heavy atom. The molecule has 0 radical (unpaired) electrons. The highest BCUT2D eigenvalue weighted by atomic mass is 16.6. The molecular formula is C11H22O4. The van der Waals surface area contributed by atoms with E-state index in [2.05, 4.69) is 6.92 Å². The second kappa shape index (κ2) is 9.93. The van der Waals surface area contributed by atoms with Crippen LogP contribution in [0.1, 0.15) is 39.5 Å². The average Bonchev–Trinajstić information content (AvgIpc) is 2.21. The molecule has 4 nitrogen and oxygen atoms in total. The Kier molecular flexibility index (Phi) is 9.52. The Bertz CT molecular complexity index is 157. The Labute approximate surface area is 91.6 Å². The minimum Gasteiger partial charge on any atom is -0.461 e. The van der Waals surface area contributed by atoms with Crippen LogP contribution in [0, 0.1) is 0 Å². The molecule has 1 N–H and O–H groups in total. The monoisotopic (exact) mass is 218 g/mol. The third kappa shape index (κ3) is 9.69. The van der Waals surface area contributed by atoms with Crippen LogP contribution < -0.4 is 0 Å². The van der Waals surface area contributed by atoms with E-state index in [4.69, 9.17) is 14.6 Å². The maximum absolute atomic E-state index is 10.8. The molecule has 0 unspecified atom stereocenters. The number of unbranched alkanes of at least 4 members (excludes halogenated alkanes) is 3. The number of carbonyl (C=O) groups is 1. The van der Waals surface area contributed by atoms with Crippen LogP contribution in [0.2, 0.25) is 0 Å². The number of carbonyl (C=O) groups excluding carboxylic acids is 1. The van der Waals surface area contributed by atoms with Crippen LogP contribution in [-0.4, -0.2) is 37.0 Å². The quantitative estimate of drug-likeness (QED) is 0.471. The highest BCUT2D eigenvalue weighted by molar-refractivity contribution is 5.73. The predicted molar refractivity (Wildman–Crippen MR) is 57.6 cm³/mol. The lowest BCUT2D eigenvalue weighted by atomic mass is 10.2. The van der Waals surface area contributed by atoms with E-state index >= 15 is 0 Å². The zero-order valence-electron chi connectivity index (χ0n) is 9.70. The third-order valence-corrected chi connectivity index (χ3v) is 1.96. The van der Waals surface area contributed by atoms with Gasteiger partial charge in [-0.2, -0.15) is 0 Å². The first-order chi connectivity index (χ1) is 7.18. The van der Waals surface area contributed by atoms with Gasteiger partial charge in [0.1, 0.15) is 12.7 Å². The minimum absolute atomic E-state index is 0.220. The van der Waals surface area contributed by atoms with Crippen LogP contribution in [0.5, 0.6) is 0 Å². The zero-order chi connectivity index (χ0) is 11.5. The van der Waals surface area contributed by atoms with Gasteiger partial charge in [0.2, 0.25) is 0 Å². The predicted octanol–water partition coefficient (Wildman–Crippen LogP) is 1.51. The molecule has 0 aromatic rings. The summed E-state index contributed by atoms with van der Waals surface area (Å²) in [6.07, 6.45) is 3.64. The van der Waals surface area contributed by atoms with Gasteiger partial charge in [-0.05, 0) is 13.3 Å². The fourth-order valence-electron chi connectivity index (χ4n) is 1.05. The molecule has 0 saturated heterocycles. The first-order valence-corrected chi connectivity index (χ1v) is 5.61.